The zero-order chi connectivity index (χ0) is 18.4. The Hall–Kier alpha value is -2.19. The van der Waals surface area contributed by atoms with E-state index in [2.05, 4.69) is 15.0 Å². The van der Waals surface area contributed by atoms with E-state index in [1.807, 2.05) is 0 Å². The number of hydrogen-bond acceptors (Lipinski definition) is 6. The number of halogens is 1. The minimum Gasteiger partial charge on any atom is -0.495 e. The zero-order valence-electron chi connectivity index (χ0n) is 14.2. The van der Waals surface area contributed by atoms with Gasteiger partial charge in [-0.2, -0.15) is 0 Å². The van der Waals surface area contributed by atoms with Gasteiger partial charge in [-0.05, 0) is 18.6 Å². The van der Waals surface area contributed by atoms with Crippen molar-refractivity contribution in [3.05, 3.63) is 35.5 Å². The second kappa shape index (κ2) is 8.26. The van der Waals surface area contributed by atoms with Gasteiger partial charge in [0.1, 0.15) is 17.3 Å². The van der Waals surface area contributed by atoms with Crippen molar-refractivity contribution in [3.63, 3.8) is 0 Å². The number of nitrogens with zero attached hydrogens (tertiary/aromatic N) is 1. The fourth-order valence-electron chi connectivity index (χ4n) is 2.12. The third-order valence-corrected chi connectivity index (χ3v) is 5.03. The van der Waals surface area contributed by atoms with Gasteiger partial charge in [-0.15, -0.1) is 0 Å². The number of nitrogens with one attached hydrogen (secondary N) is 2. The molecular formula is C16H20ClN3O4S. The highest BCUT2D eigenvalue weighted by atomic mass is 35.5. The van der Waals surface area contributed by atoms with E-state index >= 15 is 0 Å². The Morgan fingerprint density at radius 1 is 1.16 bits per heavy atom. The Kier molecular flexibility index (Phi) is 6.33. The number of sulfonamides is 1. The van der Waals surface area contributed by atoms with Gasteiger partial charge in [-0.3, -0.25) is 4.72 Å². The smallest absolute Gasteiger partial charge is 0.232 e. The Labute approximate surface area is 152 Å². The standard InChI is InChI=1S/C16H20ClN3O4S/c1-4-7-25(21,22)20-11-5-6-16(18-10-11)19-13-9-14(23-2)12(17)8-15(13)24-3/h5-6,8-10,20H,4,7H2,1-3H3,(H,18,19). The highest BCUT2D eigenvalue weighted by molar-refractivity contribution is 7.92. The summed E-state index contributed by atoms with van der Waals surface area (Å²) in [6.45, 7) is 1.80. The van der Waals surface area contributed by atoms with Crippen LogP contribution in [-0.4, -0.2) is 33.4 Å². The quantitative estimate of drug-likeness (QED) is 0.720. The first-order valence-electron chi connectivity index (χ1n) is 7.53. The van der Waals surface area contributed by atoms with E-state index in [0.29, 0.717) is 40.1 Å². The van der Waals surface area contributed by atoms with Crippen LogP contribution in [0.25, 0.3) is 0 Å². The molecule has 2 N–H and O–H groups in total. The monoisotopic (exact) mass is 385 g/mol. The summed E-state index contributed by atoms with van der Waals surface area (Å²) in [7, 11) is -0.292. The molecule has 0 radical (unpaired) electrons. The summed E-state index contributed by atoms with van der Waals surface area (Å²) in [5.74, 6) is 1.60. The summed E-state index contributed by atoms with van der Waals surface area (Å²) in [6.07, 6.45) is 1.98. The number of rotatable bonds is 8. The fraction of sp³-hybridized carbons (Fsp3) is 0.312. The van der Waals surface area contributed by atoms with E-state index in [9.17, 15) is 8.42 Å². The molecule has 0 saturated carbocycles. The van der Waals surface area contributed by atoms with E-state index in [1.165, 1.54) is 20.4 Å². The van der Waals surface area contributed by atoms with Crippen LogP contribution in [0.2, 0.25) is 5.02 Å². The molecule has 7 nitrogen and oxygen atoms in total. The number of hydrogen-bond donors (Lipinski definition) is 2. The molecule has 1 aromatic heterocycles. The zero-order valence-corrected chi connectivity index (χ0v) is 15.7. The first-order chi connectivity index (χ1) is 11.9. The highest BCUT2D eigenvalue weighted by Gasteiger charge is 2.12. The lowest BCUT2D eigenvalue weighted by molar-refractivity contribution is 0.405. The average Bonchev–Trinajstić information content (AvgIpc) is 2.57. The number of benzene rings is 1. The van der Waals surface area contributed by atoms with Crippen LogP contribution in [-0.2, 0) is 10.0 Å². The lowest BCUT2D eigenvalue weighted by Crippen LogP contribution is -2.16. The molecule has 0 atom stereocenters. The van der Waals surface area contributed by atoms with Crippen LogP contribution < -0.4 is 19.5 Å². The Balaban J connectivity index is 2.19. The summed E-state index contributed by atoms with van der Waals surface area (Å²) < 4.78 is 36.5. The summed E-state index contributed by atoms with van der Waals surface area (Å²) in [5, 5.41) is 3.52. The maximum atomic E-state index is 11.8. The predicted molar refractivity (Wildman–Crippen MR) is 99.8 cm³/mol. The minimum absolute atomic E-state index is 0.0643. The molecule has 2 rings (SSSR count). The maximum absolute atomic E-state index is 11.8. The van der Waals surface area contributed by atoms with Crippen LogP contribution in [0.3, 0.4) is 0 Å². The molecule has 1 aromatic carbocycles. The van der Waals surface area contributed by atoms with Gasteiger partial charge in [0.25, 0.3) is 0 Å². The fourth-order valence-corrected chi connectivity index (χ4v) is 3.47. The van der Waals surface area contributed by atoms with Gasteiger partial charge < -0.3 is 14.8 Å². The first-order valence-corrected chi connectivity index (χ1v) is 9.56. The van der Waals surface area contributed by atoms with Gasteiger partial charge in [0.15, 0.2) is 0 Å². The molecule has 0 amide bonds. The van der Waals surface area contributed by atoms with Gasteiger partial charge in [-0.25, -0.2) is 13.4 Å². The number of anilines is 3. The van der Waals surface area contributed by atoms with Gasteiger partial charge in [-0.1, -0.05) is 18.5 Å². The van der Waals surface area contributed by atoms with E-state index in [4.69, 9.17) is 21.1 Å². The maximum Gasteiger partial charge on any atom is 0.232 e. The van der Waals surface area contributed by atoms with Gasteiger partial charge in [0.2, 0.25) is 10.0 Å². The first kappa shape index (κ1) is 19.1. The molecule has 0 aliphatic carbocycles. The topological polar surface area (TPSA) is 89.6 Å². The van der Waals surface area contributed by atoms with Gasteiger partial charge >= 0.3 is 0 Å². The molecule has 0 fully saturated rings. The molecule has 25 heavy (non-hydrogen) atoms. The normalized spacial score (nSPS) is 11.0. The summed E-state index contributed by atoms with van der Waals surface area (Å²) in [6, 6.07) is 6.61. The Morgan fingerprint density at radius 2 is 1.88 bits per heavy atom. The van der Waals surface area contributed by atoms with Crippen molar-refractivity contribution < 1.29 is 17.9 Å². The van der Waals surface area contributed by atoms with Crippen LogP contribution in [0.1, 0.15) is 13.3 Å². The van der Waals surface area contributed by atoms with E-state index in [1.54, 1.807) is 31.2 Å². The molecule has 0 aliphatic heterocycles. The van der Waals surface area contributed by atoms with Crippen molar-refractivity contribution in [1.29, 1.82) is 0 Å². The molecule has 0 aliphatic rings. The lowest BCUT2D eigenvalue weighted by atomic mass is 10.2. The second-order valence-corrected chi connectivity index (χ2v) is 7.41. The molecule has 0 spiro atoms. The highest BCUT2D eigenvalue weighted by Crippen LogP contribution is 2.37. The van der Waals surface area contributed by atoms with Crippen LogP contribution in [0.5, 0.6) is 11.5 Å². The van der Waals surface area contributed by atoms with E-state index in [-0.39, 0.29) is 5.75 Å². The largest absolute Gasteiger partial charge is 0.495 e. The molecule has 0 saturated heterocycles. The number of ether oxygens (including phenoxy) is 2. The minimum atomic E-state index is -3.34. The third-order valence-electron chi connectivity index (χ3n) is 3.25. The Bertz CT molecular complexity index is 826. The summed E-state index contributed by atoms with van der Waals surface area (Å²) in [4.78, 5) is 4.20. The van der Waals surface area contributed by atoms with Crippen LogP contribution in [0, 0.1) is 0 Å². The van der Waals surface area contributed by atoms with Crippen molar-refractivity contribution in [2.75, 3.05) is 30.0 Å². The molecule has 2 aromatic rings. The number of methoxy groups -OCH3 is 2. The summed E-state index contributed by atoms with van der Waals surface area (Å²) in [5.41, 5.74) is 1.02. The van der Waals surface area contributed by atoms with Crippen LogP contribution in [0.4, 0.5) is 17.2 Å². The average molecular weight is 386 g/mol. The van der Waals surface area contributed by atoms with Crippen molar-refractivity contribution >= 4 is 38.8 Å². The SMILES string of the molecule is CCCS(=O)(=O)Nc1ccc(Nc2cc(OC)c(Cl)cc2OC)nc1. The molecule has 0 bridgehead atoms. The van der Waals surface area contributed by atoms with Crippen molar-refractivity contribution in [3.8, 4) is 11.5 Å². The summed E-state index contributed by atoms with van der Waals surface area (Å²) >= 11 is 6.08. The number of aromatic nitrogens is 1. The molecule has 0 unspecified atom stereocenters. The third kappa shape index (κ3) is 5.14. The molecule has 9 heteroatoms. The van der Waals surface area contributed by atoms with Gasteiger partial charge in [0.05, 0.1) is 42.6 Å². The van der Waals surface area contributed by atoms with Crippen LogP contribution >= 0.6 is 11.6 Å². The van der Waals surface area contributed by atoms with Crippen LogP contribution in [0.15, 0.2) is 30.5 Å². The van der Waals surface area contributed by atoms with Crippen molar-refractivity contribution in [2.24, 2.45) is 0 Å². The van der Waals surface area contributed by atoms with Crippen molar-refractivity contribution in [1.82, 2.24) is 4.98 Å². The molecular weight excluding hydrogens is 366 g/mol. The Morgan fingerprint density at radius 3 is 2.44 bits per heavy atom. The molecule has 136 valence electrons. The van der Waals surface area contributed by atoms with E-state index in [0.717, 1.165) is 0 Å². The second-order valence-electron chi connectivity index (χ2n) is 5.17. The lowest BCUT2D eigenvalue weighted by Gasteiger charge is -2.14. The van der Waals surface area contributed by atoms with Gasteiger partial charge in [0, 0.05) is 12.1 Å². The predicted octanol–water partition coefficient (Wildman–Crippen LogP) is 3.65. The van der Waals surface area contributed by atoms with Crippen molar-refractivity contribution in [2.45, 2.75) is 13.3 Å². The molecule has 1 heterocycles. The number of pyridine rings is 1. The van der Waals surface area contributed by atoms with E-state index < -0.39 is 10.0 Å².